The molecule has 4 nitrogen and oxygen atoms in total. The number of halogens is 1. The Morgan fingerprint density at radius 1 is 1.41 bits per heavy atom. The van der Waals surface area contributed by atoms with E-state index in [0.717, 1.165) is 12.2 Å². The maximum atomic E-state index is 9.53. The number of aliphatic hydroxyl groups excluding tert-OH is 1. The molecule has 1 aromatic heterocycles. The second-order valence-electron chi connectivity index (χ2n) is 4.84. The van der Waals surface area contributed by atoms with Gasteiger partial charge in [-0.15, -0.1) is 0 Å². The first kappa shape index (κ1) is 14.9. The lowest BCUT2D eigenvalue weighted by Gasteiger charge is -2.27. The van der Waals surface area contributed by atoms with Crippen molar-refractivity contribution in [1.29, 1.82) is 0 Å². The Labute approximate surface area is 117 Å². The molecule has 1 rings (SSSR count). The number of rotatable bonds is 5. The molecule has 0 aliphatic heterocycles. The predicted molar refractivity (Wildman–Crippen MR) is 77.9 cm³/mol. The van der Waals surface area contributed by atoms with Crippen LogP contribution in [-0.4, -0.2) is 38.5 Å². The minimum absolute atomic E-state index is 0.301. The van der Waals surface area contributed by atoms with Gasteiger partial charge in [0.25, 0.3) is 0 Å². The van der Waals surface area contributed by atoms with Gasteiger partial charge in [-0.25, -0.2) is 0 Å². The first-order valence-corrected chi connectivity index (χ1v) is 7.00. The normalized spacial score (nSPS) is 13.7. The molecule has 0 radical (unpaired) electrons. The van der Waals surface area contributed by atoms with Crippen molar-refractivity contribution in [3.05, 3.63) is 15.0 Å². The van der Waals surface area contributed by atoms with Gasteiger partial charge in [-0.2, -0.15) is 5.10 Å². The van der Waals surface area contributed by atoms with Crippen LogP contribution in [0, 0.1) is 10.5 Å². The molecule has 0 saturated carbocycles. The molecule has 17 heavy (non-hydrogen) atoms. The zero-order valence-corrected chi connectivity index (χ0v) is 13.4. The van der Waals surface area contributed by atoms with Crippen molar-refractivity contribution >= 4 is 22.6 Å². The van der Waals surface area contributed by atoms with E-state index in [1.54, 1.807) is 0 Å². The highest BCUT2D eigenvalue weighted by Gasteiger charge is 2.17. The summed E-state index contributed by atoms with van der Waals surface area (Å²) in [7, 11) is 1.98. The molecular formula is C12H22IN3O. The highest BCUT2D eigenvalue weighted by Crippen LogP contribution is 2.18. The third kappa shape index (κ3) is 3.93. The Morgan fingerprint density at radius 2 is 2.00 bits per heavy atom. The van der Waals surface area contributed by atoms with E-state index in [0.29, 0.717) is 12.6 Å². The summed E-state index contributed by atoms with van der Waals surface area (Å²) in [5.41, 5.74) is 2.29. The van der Waals surface area contributed by atoms with Crippen LogP contribution in [0.2, 0.25) is 0 Å². The summed E-state index contributed by atoms with van der Waals surface area (Å²) in [4.78, 5) is 2.27. The van der Waals surface area contributed by atoms with Crippen LogP contribution < -0.4 is 0 Å². The smallest absolute Gasteiger partial charge is 0.0730 e. The van der Waals surface area contributed by atoms with E-state index in [9.17, 15) is 5.11 Å². The number of aliphatic hydroxyl groups is 1. The van der Waals surface area contributed by atoms with Crippen LogP contribution in [0.3, 0.4) is 0 Å². The first-order valence-electron chi connectivity index (χ1n) is 5.93. The van der Waals surface area contributed by atoms with Crippen molar-refractivity contribution in [2.24, 2.45) is 7.05 Å². The van der Waals surface area contributed by atoms with Crippen LogP contribution >= 0.6 is 22.6 Å². The molecule has 98 valence electrons. The van der Waals surface area contributed by atoms with Crippen LogP contribution in [0.25, 0.3) is 0 Å². The molecule has 0 saturated heterocycles. The minimum Gasteiger partial charge on any atom is -0.392 e. The third-order valence-corrected chi connectivity index (χ3v) is 4.25. The van der Waals surface area contributed by atoms with E-state index < -0.39 is 0 Å². The summed E-state index contributed by atoms with van der Waals surface area (Å²) in [6, 6.07) is 0.413. The zero-order chi connectivity index (χ0) is 13.2. The maximum absolute atomic E-state index is 9.53. The van der Waals surface area contributed by atoms with Gasteiger partial charge in [0.15, 0.2) is 0 Å². The van der Waals surface area contributed by atoms with E-state index in [1.165, 1.54) is 9.26 Å². The lowest BCUT2D eigenvalue weighted by Crippen LogP contribution is -2.36. The fourth-order valence-electron chi connectivity index (χ4n) is 1.84. The first-order chi connectivity index (χ1) is 7.82. The van der Waals surface area contributed by atoms with Crippen molar-refractivity contribution in [1.82, 2.24) is 14.7 Å². The quantitative estimate of drug-likeness (QED) is 0.825. The summed E-state index contributed by atoms with van der Waals surface area (Å²) in [6.07, 6.45) is -0.301. The Hall–Kier alpha value is -0.140. The lowest BCUT2D eigenvalue weighted by molar-refractivity contribution is 0.101. The molecule has 0 amide bonds. The SMILES string of the molecule is Cc1nn(C)c(CN(C[C@H](C)O)C(C)C)c1I. The molecule has 1 N–H and O–H groups in total. The molecule has 0 bridgehead atoms. The summed E-state index contributed by atoms with van der Waals surface area (Å²) in [5.74, 6) is 0. The van der Waals surface area contributed by atoms with Gasteiger partial charge in [-0.1, -0.05) is 0 Å². The average molecular weight is 351 g/mol. The number of aryl methyl sites for hydroxylation is 2. The largest absolute Gasteiger partial charge is 0.392 e. The Bertz CT molecular complexity index is 374. The fourth-order valence-corrected chi connectivity index (χ4v) is 2.47. The minimum atomic E-state index is -0.301. The van der Waals surface area contributed by atoms with Gasteiger partial charge < -0.3 is 5.11 Å². The molecule has 0 unspecified atom stereocenters. The van der Waals surface area contributed by atoms with Crippen LogP contribution in [0.15, 0.2) is 0 Å². The van der Waals surface area contributed by atoms with Crippen molar-refractivity contribution < 1.29 is 5.11 Å². The molecule has 0 aromatic carbocycles. The van der Waals surface area contributed by atoms with Crippen molar-refractivity contribution in [3.63, 3.8) is 0 Å². The highest BCUT2D eigenvalue weighted by atomic mass is 127. The molecule has 5 heteroatoms. The van der Waals surface area contributed by atoms with Gasteiger partial charge in [0.2, 0.25) is 0 Å². The van der Waals surface area contributed by atoms with E-state index in [2.05, 4.69) is 46.4 Å². The van der Waals surface area contributed by atoms with Crippen molar-refractivity contribution in [3.8, 4) is 0 Å². The number of hydrogen-bond acceptors (Lipinski definition) is 3. The second-order valence-corrected chi connectivity index (χ2v) is 5.92. The average Bonchev–Trinajstić information content (AvgIpc) is 2.43. The number of aromatic nitrogens is 2. The van der Waals surface area contributed by atoms with Gasteiger partial charge in [0.05, 0.1) is 21.1 Å². The highest BCUT2D eigenvalue weighted by molar-refractivity contribution is 14.1. The molecule has 1 atom stereocenters. The standard InChI is InChI=1S/C12H22IN3O/c1-8(2)16(6-9(3)17)7-11-12(13)10(4)14-15(11)5/h8-9,17H,6-7H2,1-5H3/t9-/m0/s1. The van der Waals surface area contributed by atoms with Gasteiger partial charge in [-0.3, -0.25) is 9.58 Å². The second kappa shape index (κ2) is 6.15. The van der Waals surface area contributed by atoms with Crippen LogP contribution in [0.5, 0.6) is 0 Å². The molecule has 0 fully saturated rings. The van der Waals surface area contributed by atoms with Gasteiger partial charge in [0, 0.05) is 26.2 Å². The third-order valence-electron chi connectivity index (χ3n) is 2.84. The van der Waals surface area contributed by atoms with Crippen LogP contribution in [0.4, 0.5) is 0 Å². The molecule has 1 heterocycles. The lowest BCUT2D eigenvalue weighted by atomic mass is 10.2. The van der Waals surface area contributed by atoms with Crippen LogP contribution in [-0.2, 0) is 13.6 Å². The van der Waals surface area contributed by atoms with E-state index >= 15 is 0 Å². The molecular weight excluding hydrogens is 329 g/mol. The molecule has 0 aliphatic rings. The van der Waals surface area contributed by atoms with E-state index in [4.69, 9.17) is 0 Å². The summed E-state index contributed by atoms with van der Waals surface area (Å²) in [5, 5.41) is 13.9. The van der Waals surface area contributed by atoms with Gasteiger partial charge >= 0.3 is 0 Å². The van der Waals surface area contributed by atoms with Gasteiger partial charge in [-0.05, 0) is 50.3 Å². The fraction of sp³-hybridized carbons (Fsp3) is 0.750. The monoisotopic (exact) mass is 351 g/mol. The zero-order valence-electron chi connectivity index (χ0n) is 11.2. The van der Waals surface area contributed by atoms with E-state index in [-0.39, 0.29) is 6.10 Å². The Balaban J connectivity index is 2.86. The van der Waals surface area contributed by atoms with Gasteiger partial charge in [0.1, 0.15) is 0 Å². The maximum Gasteiger partial charge on any atom is 0.0730 e. The van der Waals surface area contributed by atoms with Crippen molar-refractivity contribution in [2.45, 2.75) is 46.4 Å². The molecule has 1 aromatic rings. The van der Waals surface area contributed by atoms with Crippen molar-refractivity contribution in [2.75, 3.05) is 6.54 Å². The predicted octanol–water partition coefficient (Wildman–Crippen LogP) is 1.92. The Kier molecular flexibility index (Phi) is 5.40. The summed E-state index contributed by atoms with van der Waals surface area (Å²) in [6.45, 7) is 9.68. The molecule has 0 spiro atoms. The summed E-state index contributed by atoms with van der Waals surface area (Å²) >= 11 is 2.34. The van der Waals surface area contributed by atoms with Crippen LogP contribution in [0.1, 0.15) is 32.2 Å². The number of nitrogens with zero attached hydrogens (tertiary/aromatic N) is 3. The number of hydrogen-bond donors (Lipinski definition) is 1. The Morgan fingerprint density at radius 3 is 2.35 bits per heavy atom. The topological polar surface area (TPSA) is 41.3 Å². The van der Waals surface area contributed by atoms with E-state index in [1.807, 2.05) is 25.6 Å². The summed E-state index contributed by atoms with van der Waals surface area (Å²) < 4.78 is 3.16. The molecule has 0 aliphatic carbocycles.